The second kappa shape index (κ2) is 10.0. The van der Waals surface area contributed by atoms with Gasteiger partial charge in [-0.25, -0.2) is 0 Å². The molecule has 6 nitrogen and oxygen atoms in total. The lowest BCUT2D eigenvalue weighted by Gasteiger charge is -2.26. The van der Waals surface area contributed by atoms with E-state index in [4.69, 9.17) is 16.2 Å². The molecule has 0 aliphatic heterocycles. The van der Waals surface area contributed by atoms with Crippen molar-refractivity contribution in [3.8, 4) is 0 Å². The van der Waals surface area contributed by atoms with Crippen LogP contribution in [0.2, 0.25) is 0 Å². The molecule has 1 heterocycles. The Bertz CT molecular complexity index is 785. The number of rotatable bonds is 11. The number of nitrogens with zero attached hydrogens (tertiary/aromatic N) is 1. The van der Waals surface area contributed by atoms with E-state index in [0.717, 1.165) is 25.9 Å². The number of ether oxygens (including phenoxy) is 1. The Morgan fingerprint density at radius 1 is 1.32 bits per heavy atom. The van der Waals surface area contributed by atoms with Crippen LogP contribution < -0.4 is 11.5 Å². The largest absolute Gasteiger partial charge is 0.385 e. The summed E-state index contributed by atoms with van der Waals surface area (Å²) in [6, 6.07) is 5.95. The number of aliphatic hydroxyl groups is 1. The third-order valence-corrected chi connectivity index (χ3v) is 5.64. The van der Waals surface area contributed by atoms with Crippen molar-refractivity contribution >= 4 is 16.8 Å². The van der Waals surface area contributed by atoms with Gasteiger partial charge in [0.15, 0.2) is 0 Å². The van der Waals surface area contributed by atoms with E-state index in [-0.39, 0.29) is 5.92 Å². The summed E-state index contributed by atoms with van der Waals surface area (Å²) in [5.74, 6) is -0.137. The predicted octanol–water partition coefficient (Wildman–Crippen LogP) is 2.14. The van der Waals surface area contributed by atoms with Gasteiger partial charge in [-0.1, -0.05) is 19.9 Å². The molecule has 6 heteroatoms. The van der Waals surface area contributed by atoms with E-state index in [9.17, 15) is 9.90 Å². The van der Waals surface area contributed by atoms with Crippen LogP contribution in [0.1, 0.15) is 37.8 Å². The number of aliphatic hydroxyl groups excluding tert-OH is 1. The first-order valence-corrected chi connectivity index (χ1v) is 10.0. The highest BCUT2D eigenvalue weighted by Crippen LogP contribution is 2.27. The van der Waals surface area contributed by atoms with E-state index in [2.05, 4.69) is 49.9 Å². The SMILES string of the molecule is COCCCc1cn(C)c2ccc(CC(CC(N)C(O)C(N)=O)C(C)C)cc12. The van der Waals surface area contributed by atoms with Gasteiger partial charge in [-0.05, 0) is 60.8 Å². The zero-order chi connectivity index (χ0) is 20.8. The fourth-order valence-electron chi connectivity index (χ4n) is 3.84. The predicted molar refractivity (Wildman–Crippen MR) is 113 cm³/mol. The molecule has 1 amide bonds. The van der Waals surface area contributed by atoms with Crippen molar-refractivity contribution in [2.45, 2.75) is 51.7 Å². The maximum Gasteiger partial charge on any atom is 0.247 e. The van der Waals surface area contributed by atoms with Gasteiger partial charge < -0.3 is 25.9 Å². The first-order chi connectivity index (χ1) is 13.2. The zero-order valence-electron chi connectivity index (χ0n) is 17.5. The Hall–Kier alpha value is -1.89. The summed E-state index contributed by atoms with van der Waals surface area (Å²) in [6.45, 7) is 5.04. The van der Waals surface area contributed by atoms with Gasteiger partial charge in [-0.3, -0.25) is 4.79 Å². The highest BCUT2D eigenvalue weighted by molar-refractivity contribution is 5.84. The second-order valence-electron chi connectivity index (χ2n) is 8.17. The molecule has 5 N–H and O–H groups in total. The molecule has 0 saturated carbocycles. The van der Waals surface area contributed by atoms with Gasteiger partial charge >= 0.3 is 0 Å². The van der Waals surface area contributed by atoms with E-state index in [0.29, 0.717) is 12.3 Å². The maximum atomic E-state index is 11.2. The van der Waals surface area contributed by atoms with Crippen LogP contribution in [0, 0.1) is 11.8 Å². The summed E-state index contributed by atoms with van der Waals surface area (Å²) < 4.78 is 7.35. The van der Waals surface area contributed by atoms with Crippen molar-refractivity contribution < 1.29 is 14.6 Å². The van der Waals surface area contributed by atoms with Crippen LogP contribution in [0.4, 0.5) is 0 Å². The number of benzene rings is 1. The minimum Gasteiger partial charge on any atom is -0.385 e. The van der Waals surface area contributed by atoms with E-state index in [1.165, 1.54) is 22.0 Å². The number of hydrogen-bond donors (Lipinski definition) is 3. The van der Waals surface area contributed by atoms with Crippen LogP contribution in [0.3, 0.4) is 0 Å². The van der Waals surface area contributed by atoms with Gasteiger partial charge in [0.05, 0.1) is 0 Å². The molecule has 2 rings (SSSR count). The molecule has 0 aliphatic rings. The molecule has 0 radical (unpaired) electrons. The Kier molecular flexibility index (Phi) is 8.04. The molecule has 2 aromatic rings. The number of aromatic nitrogens is 1. The summed E-state index contributed by atoms with van der Waals surface area (Å²) in [5.41, 5.74) is 15.0. The quantitative estimate of drug-likeness (QED) is 0.512. The van der Waals surface area contributed by atoms with Gasteiger partial charge in [0.1, 0.15) is 6.10 Å². The standard InChI is InChI=1S/C22H35N3O3/c1-14(2)17(12-19(23)21(26)22(24)27)10-15-7-8-20-18(11-15)16(13-25(20)3)6-5-9-28-4/h7-8,11,13-14,17,19,21,26H,5-6,9-10,12,23H2,1-4H3,(H2,24,27). The minimum atomic E-state index is -1.30. The molecule has 0 spiro atoms. The Morgan fingerprint density at radius 2 is 2.04 bits per heavy atom. The summed E-state index contributed by atoms with van der Waals surface area (Å²) in [6.07, 6.45) is 4.27. The number of carbonyl (C=O) groups excluding carboxylic acids is 1. The summed E-state index contributed by atoms with van der Waals surface area (Å²) in [5, 5.41) is 11.1. The highest BCUT2D eigenvalue weighted by Gasteiger charge is 2.25. The monoisotopic (exact) mass is 389 g/mol. The summed E-state index contributed by atoms with van der Waals surface area (Å²) >= 11 is 0. The first-order valence-electron chi connectivity index (χ1n) is 10.0. The number of amides is 1. The number of carbonyl (C=O) groups is 1. The lowest BCUT2D eigenvalue weighted by Crippen LogP contribution is -2.45. The molecule has 1 aromatic carbocycles. The van der Waals surface area contributed by atoms with Crippen LogP contribution in [0.25, 0.3) is 10.9 Å². The van der Waals surface area contributed by atoms with Crippen LogP contribution >= 0.6 is 0 Å². The van der Waals surface area contributed by atoms with E-state index < -0.39 is 18.1 Å². The minimum absolute atomic E-state index is 0.252. The number of fused-ring (bicyclic) bond motifs is 1. The second-order valence-corrected chi connectivity index (χ2v) is 8.17. The van der Waals surface area contributed by atoms with Crippen LogP contribution in [-0.4, -0.2) is 41.4 Å². The van der Waals surface area contributed by atoms with Gasteiger partial charge in [0, 0.05) is 43.9 Å². The summed E-state index contributed by atoms with van der Waals surface area (Å²) in [7, 11) is 3.80. The van der Waals surface area contributed by atoms with Gasteiger partial charge in [-0.15, -0.1) is 0 Å². The molecule has 3 atom stereocenters. The molecule has 156 valence electrons. The third kappa shape index (κ3) is 5.56. The average molecular weight is 390 g/mol. The average Bonchev–Trinajstić information content (AvgIpc) is 2.95. The van der Waals surface area contributed by atoms with Crippen molar-refractivity contribution in [1.29, 1.82) is 0 Å². The number of aryl methyl sites for hydroxylation is 2. The first kappa shape index (κ1) is 22.4. The van der Waals surface area contributed by atoms with Crippen LogP contribution in [0.5, 0.6) is 0 Å². The maximum absolute atomic E-state index is 11.2. The van der Waals surface area contributed by atoms with Crippen molar-refractivity contribution in [2.24, 2.45) is 30.4 Å². The molecule has 0 aliphatic carbocycles. The molecule has 1 aromatic heterocycles. The highest BCUT2D eigenvalue weighted by atomic mass is 16.5. The van der Waals surface area contributed by atoms with Crippen LogP contribution in [-0.2, 0) is 29.4 Å². The lowest BCUT2D eigenvalue weighted by molar-refractivity contribution is -0.127. The molecular formula is C22H35N3O3. The lowest BCUT2D eigenvalue weighted by atomic mass is 9.83. The number of primary amides is 1. The Balaban J connectivity index is 2.20. The van der Waals surface area contributed by atoms with Gasteiger partial charge in [0.25, 0.3) is 0 Å². The number of methoxy groups -OCH3 is 1. The van der Waals surface area contributed by atoms with E-state index >= 15 is 0 Å². The van der Waals surface area contributed by atoms with Crippen LogP contribution in [0.15, 0.2) is 24.4 Å². The molecule has 28 heavy (non-hydrogen) atoms. The van der Waals surface area contributed by atoms with E-state index in [1.54, 1.807) is 7.11 Å². The van der Waals surface area contributed by atoms with Gasteiger partial charge in [0.2, 0.25) is 5.91 Å². The van der Waals surface area contributed by atoms with Gasteiger partial charge in [-0.2, -0.15) is 0 Å². The molecule has 0 bridgehead atoms. The third-order valence-electron chi connectivity index (χ3n) is 5.64. The Morgan fingerprint density at radius 3 is 2.64 bits per heavy atom. The molecule has 0 fully saturated rings. The summed E-state index contributed by atoms with van der Waals surface area (Å²) in [4.78, 5) is 11.2. The Labute approximate surface area is 167 Å². The molecular weight excluding hydrogens is 354 g/mol. The number of nitrogens with two attached hydrogens (primary N) is 2. The topological polar surface area (TPSA) is 104 Å². The number of hydrogen-bond acceptors (Lipinski definition) is 4. The van der Waals surface area contributed by atoms with Crippen molar-refractivity contribution in [2.75, 3.05) is 13.7 Å². The van der Waals surface area contributed by atoms with Crippen molar-refractivity contribution in [3.63, 3.8) is 0 Å². The fourth-order valence-corrected chi connectivity index (χ4v) is 3.84. The molecule has 0 saturated heterocycles. The van der Waals surface area contributed by atoms with Crippen molar-refractivity contribution in [3.05, 3.63) is 35.5 Å². The van der Waals surface area contributed by atoms with Crippen molar-refractivity contribution in [1.82, 2.24) is 4.57 Å². The zero-order valence-corrected chi connectivity index (χ0v) is 17.5. The van der Waals surface area contributed by atoms with E-state index in [1.807, 2.05) is 0 Å². The molecule has 3 unspecified atom stereocenters. The smallest absolute Gasteiger partial charge is 0.247 e. The normalized spacial score (nSPS) is 15.1. The fraction of sp³-hybridized carbons (Fsp3) is 0.591.